The first-order chi connectivity index (χ1) is 10.9. The van der Waals surface area contributed by atoms with Crippen molar-refractivity contribution in [3.8, 4) is 0 Å². The van der Waals surface area contributed by atoms with Gasteiger partial charge < -0.3 is 0 Å². The Morgan fingerprint density at radius 3 is 2.65 bits per heavy atom. The van der Waals surface area contributed by atoms with E-state index in [1.807, 2.05) is 0 Å². The van der Waals surface area contributed by atoms with E-state index in [0.29, 0.717) is 6.42 Å². The van der Waals surface area contributed by atoms with Gasteiger partial charge in [-0.15, -0.1) is 0 Å². The van der Waals surface area contributed by atoms with Crippen molar-refractivity contribution in [1.29, 1.82) is 0 Å². The Hall–Kier alpha value is -2.22. The van der Waals surface area contributed by atoms with Crippen molar-refractivity contribution in [3.63, 3.8) is 0 Å². The van der Waals surface area contributed by atoms with Crippen LogP contribution in [0.1, 0.15) is 18.4 Å². The predicted octanol–water partition coefficient (Wildman–Crippen LogP) is 0.811. The van der Waals surface area contributed by atoms with E-state index in [1.165, 1.54) is 24.3 Å². The Morgan fingerprint density at radius 1 is 1.26 bits per heavy atom. The molecule has 1 aliphatic heterocycles. The maximum atomic E-state index is 13.3. The molecular formula is C15H17FN2O4S. The summed E-state index contributed by atoms with van der Waals surface area (Å²) in [6, 6.07) is 5.96. The molecule has 0 bridgehead atoms. The van der Waals surface area contributed by atoms with Crippen LogP contribution in [0.25, 0.3) is 6.08 Å². The van der Waals surface area contributed by atoms with Gasteiger partial charge in [0.1, 0.15) is 5.82 Å². The molecule has 124 valence electrons. The average molecular weight is 340 g/mol. The third-order valence-electron chi connectivity index (χ3n) is 3.45. The first-order valence-corrected chi connectivity index (χ1v) is 8.90. The topological polar surface area (TPSA) is 92.3 Å². The molecule has 1 atom stereocenters. The van der Waals surface area contributed by atoms with E-state index in [0.717, 1.165) is 6.08 Å². The molecule has 0 radical (unpaired) electrons. The smallest absolute Gasteiger partial charge is 0.262 e. The third-order valence-corrected chi connectivity index (χ3v) is 5.28. The van der Waals surface area contributed by atoms with Crippen LogP contribution in [0.5, 0.6) is 0 Å². The monoisotopic (exact) mass is 340 g/mol. The zero-order valence-corrected chi connectivity index (χ0v) is 13.1. The Kier molecular flexibility index (Phi) is 5.49. The van der Waals surface area contributed by atoms with Gasteiger partial charge >= 0.3 is 0 Å². The molecule has 2 N–H and O–H groups in total. The quantitative estimate of drug-likeness (QED) is 0.627. The van der Waals surface area contributed by atoms with Gasteiger partial charge in [0.2, 0.25) is 5.91 Å². The molecular weight excluding hydrogens is 323 g/mol. The number of halogens is 1. The van der Waals surface area contributed by atoms with Gasteiger partial charge in [-0.25, -0.2) is 12.8 Å². The van der Waals surface area contributed by atoms with E-state index in [9.17, 15) is 22.4 Å². The van der Waals surface area contributed by atoms with Gasteiger partial charge in [0.25, 0.3) is 5.91 Å². The van der Waals surface area contributed by atoms with E-state index >= 15 is 0 Å². The number of hydrogen-bond acceptors (Lipinski definition) is 4. The summed E-state index contributed by atoms with van der Waals surface area (Å²) < 4.78 is 35.9. The molecule has 1 heterocycles. The highest BCUT2D eigenvalue weighted by atomic mass is 32.2. The molecule has 1 aliphatic rings. The van der Waals surface area contributed by atoms with Crippen molar-refractivity contribution < 1.29 is 22.4 Å². The fourth-order valence-electron chi connectivity index (χ4n) is 2.29. The maximum Gasteiger partial charge on any atom is 0.262 e. The van der Waals surface area contributed by atoms with Crippen LogP contribution in [0, 0.1) is 11.7 Å². The number of carbonyl (C=O) groups excluding carboxylic acids is 2. The lowest BCUT2D eigenvalue weighted by Crippen LogP contribution is -2.41. The van der Waals surface area contributed by atoms with Crippen molar-refractivity contribution >= 4 is 27.7 Å². The Labute approximate surface area is 133 Å². The number of sulfone groups is 1. The molecule has 0 saturated carbocycles. The van der Waals surface area contributed by atoms with Gasteiger partial charge in [-0.2, -0.15) is 0 Å². The van der Waals surface area contributed by atoms with Crippen LogP contribution in [0.2, 0.25) is 0 Å². The lowest BCUT2D eigenvalue weighted by Gasteiger charge is -2.08. The van der Waals surface area contributed by atoms with Crippen molar-refractivity contribution in [2.24, 2.45) is 5.92 Å². The molecule has 1 fully saturated rings. The van der Waals surface area contributed by atoms with E-state index in [2.05, 4.69) is 10.9 Å². The standard InChI is InChI=1S/C15H17FN2O4S/c16-13-4-2-1-3-12(13)5-6-14(19)17-18-15(20)9-11-7-8-23(21,22)10-11/h1-6,11H,7-10H2,(H,17,19)(H,18,20)/b6-5+/t11-/m0/s1. The Morgan fingerprint density at radius 2 is 2.00 bits per heavy atom. The van der Waals surface area contributed by atoms with Gasteiger partial charge in [0.05, 0.1) is 11.5 Å². The summed E-state index contributed by atoms with van der Waals surface area (Å²) in [6.07, 6.45) is 2.88. The lowest BCUT2D eigenvalue weighted by molar-refractivity contribution is -0.127. The second-order valence-electron chi connectivity index (χ2n) is 5.37. The summed E-state index contributed by atoms with van der Waals surface area (Å²) in [5, 5.41) is 0. The first kappa shape index (κ1) is 17.1. The lowest BCUT2D eigenvalue weighted by atomic mass is 10.1. The number of amides is 2. The zero-order valence-electron chi connectivity index (χ0n) is 12.3. The van der Waals surface area contributed by atoms with Gasteiger partial charge in [0, 0.05) is 18.1 Å². The fraction of sp³-hybridized carbons (Fsp3) is 0.333. The number of nitrogens with one attached hydrogen (secondary N) is 2. The number of hydrogen-bond donors (Lipinski definition) is 2. The van der Waals surface area contributed by atoms with E-state index in [4.69, 9.17) is 0 Å². The SMILES string of the molecule is O=C(/C=C/c1ccccc1F)NNC(=O)C[C@@H]1CCS(=O)(=O)C1. The minimum absolute atomic E-state index is 0.00154. The molecule has 8 heteroatoms. The predicted molar refractivity (Wildman–Crippen MR) is 83.1 cm³/mol. The first-order valence-electron chi connectivity index (χ1n) is 7.07. The molecule has 6 nitrogen and oxygen atoms in total. The molecule has 2 amide bonds. The highest BCUT2D eigenvalue weighted by Crippen LogP contribution is 2.21. The molecule has 1 aromatic carbocycles. The van der Waals surface area contributed by atoms with Crippen LogP contribution in [0.4, 0.5) is 4.39 Å². The minimum atomic E-state index is -3.03. The summed E-state index contributed by atoms with van der Waals surface area (Å²) in [7, 11) is -3.03. The number of benzene rings is 1. The van der Waals surface area contributed by atoms with Crippen molar-refractivity contribution in [2.75, 3.05) is 11.5 Å². The van der Waals surface area contributed by atoms with Crippen LogP contribution in [0.15, 0.2) is 30.3 Å². The molecule has 1 aromatic rings. The normalized spacial score (nSPS) is 19.6. The average Bonchev–Trinajstić information content (AvgIpc) is 2.83. The van der Waals surface area contributed by atoms with Crippen LogP contribution in [0.3, 0.4) is 0 Å². The molecule has 0 aromatic heterocycles. The molecule has 0 spiro atoms. The highest BCUT2D eigenvalue weighted by molar-refractivity contribution is 7.91. The van der Waals surface area contributed by atoms with Gasteiger partial charge in [-0.05, 0) is 24.5 Å². The Bertz CT molecular complexity index is 731. The summed E-state index contributed by atoms with van der Waals surface area (Å²) >= 11 is 0. The molecule has 0 unspecified atom stereocenters. The molecule has 1 saturated heterocycles. The maximum absolute atomic E-state index is 13.3. The summed E-state index contributed by atoms with van der Waals surface area (Å²) in [6.45, 7) is 0. The Balaban J connectivity index is 1.76. The molecule has 23 heavy (non-hydrogen) atoms. The largest absolute Gasteiger partial charge is 0.273 e. The van der Waals surface area contributed by atoms with Gasteiger partial charge in [0.15, 0.2) is 9.84 Å². The van der Waals surface area contributed by atoms with Crippen LogP contribution >= 0.6 is 0 Å². The van der Waals surface area contributed by atoms with E-state index < -0.39 is 27.5 Å². The van der Waals surface area contributed by atoms with Crippen molar-refractivity contribution in [3.05, 3.63) is 41.7 Å². The fourth-order valence-corrected chi connectivity index (χ4v) is 4.16. The van der Waals surface area contributed by atoms with Crippen molar-refractivity contribution in [2.45, 2.75) is 12.8 Å². The number of rotatable bonds is 4. The summed E-state index contributed by atoms with van der Waals surface area (Å²) in [5.41, 5.74) is 4.63. The van der Waals surface area contributed by atoms with E-state index in [1.54, 1.807) is 6.07 Å². The number of carbonyl (C=O) groups is 2. The zero-order chi connectivity index (χ0) is 16.9. The highest BCUT2D eigenvalue weighted by Gasteiger charge is 2.29. The van der Waals surface area contributed by atoms with Gasteiger partial charge in [-0.1, -0.05) is 18.2 Å². The summed E-state index contributed by atoms with van der Waals surface area (Å²) in [4.78, 5) is 23.2. The summed E-state index contributed by atoms with van der Waals surface area (Å²) in [5.74, 6) is -1.64. The van der Waals surface area contributed by atoms with E-state index in [-0.39, 0.29) is 29.4 Å². The third kappa shape index (κ3) is 5.48. The van der Waals surface area contributed by atoms with Crippen LogP contribution in [-0.4, -0.2) is 31.7 Å². The molecule has 2 rings (SSSR count). The second kappa shape index (κ2) is 7.36. The van der Waals surface area contributed by atoms with Crippen LogP contribution < -0.4 is 10.9 Å². The minimum Gasteiger partial charge on any atom is -0.273 e. The van der Waals surface area contributed by atoms with Crippen molar-refractivity contribution in [1.82, 2.24) is 10.9 Å². The second-order valence-corrected chi connectivity index (χ2v) is 7.59. The van der Waals surface area contributed by atoms with Gasteiger partial charge in [-0.3, -0.25) is 20.4 Å². The van der Waals surface area contributed by atoms with Crippen LogP contribution in [-0.2, 0) is 19.4 Å². The number of hydrazine groups is 1. The molecule has 0 aliphatic carbocycles.